The number of carbonyl (C=O) groups is 2. The Morgan fingerprint density at radius 2 is 1.71 bits per heavy atom. The highest BCUT2D eigenvalue weighted by atomic mass is 32.2. The van der Waals surface area contributed by atoms with Crippen molar-refractivity contribution in [1.29, 1.82) is 0 Å². The molecule has 2 aromatic rings. The summed E-state index contributed by atoms with van der Waals surface area (Å²) in [6.07, 6.45) is -1.09. The highest BCUT2D eigenvalue weighted by Gasteiger charge is 2.25. The molecule has 0 unspecified atom stereocenters. The van der Waals surface area contributed by atoms with E-state index in [-0.39, 0.29) is 4.90 Å². The van der Waals surface area contributed by atoms with Gasteiger partial charge in [-0.05, 0) is 50.2 Å². The highest BCUT2D eigenvalue weighted by Crippen LogP contribution is 2.15. The molecule has 0 spiro atoms. The number of ether oxygens (including phenoxy) is 1. The zero-order valence-corrected chi connectivity index (χ0v) is 16.3. The highest BCUT2D eigenvalue weighted by molar-refractivity contribution is 7.89. The van der Waals surface area contributed by atoms with Gasteiger partial charge in [-0.15, -0.1) is 0 Å². The van der Waals surface area contributed by atoms with Crippen molar-refractivity contribution in [2.24, 2.45) is 0 Å². The molecular weight excluding hydrogens is 387 g/mol. The summed E-state index contributed by atoms with van der Waals surface area (Å²) in [6, 6.07) is 13.0. The summed E-state index contributed by atoms with van der Waals surface area (Å²) in [6.45, 7) is 2.92. The van der Waals surface area contributed by atoms with E-state index in [9.17, 15) is 22.4 Å². The molecule has 0 aliphatic rings. The molecule has 0 saturated carbocycles. The third kappa shape index (κ3) is 5.61. The Balaban J connectivity index is 1.94. The van der Waals surface area contributed by atoms with Crippen LogP contribution in [0.25, 0.3) is 0 Å². The minimum absolute atomic E-state index is 0.188. The summed E-state index contributed by atoms with van der Waals surface area (Å²) in [4.78, 5) is 25.8. The largest absolute Gasteiger partial charge is 0.452 e. The van der Waals surface area contributed by atoms with Gasteiger partial charge >= 0.3 is 5.97 Å². The maximum atomic E-state index is 12.9. The first-order valence-corrected chi connectivity index (χ1v) is 10.0. The number of rotatable bonds is 8. The van der Waals surface area contributed by atoms with Crippen molar-refractivity contribution >= 4 is 27.6 Å². The number of likely N-dealkylation sites (N-methyl/N-ethyl adjacent to an activating group) is 1. The molecule has 2 rings (SSSR count). The summed E-state index contributed by atoms with van der Waals surface area (Å²) in [5.74, 6) is -1.91. The fourth-order valence-electron chi connectivity index (χ4n) is 2.43. The van der Waals surface area contributed by atoms with Gasteiger partial charge < -0.3 is 9.64 Å². The van der Waals surface area contributed by atoms with Gasteiger partial charge in [-0.3, -0.25) is 9.59 Å². The minimum Gasteiger partial charge on any atom is -0.452 e. The molecule has 9 heteroatoms. The molecule has 0 heterocycles. The molecule has 28 heavy (non-hydrogen) atoms. The molecule has 0 bridgehead atoms. The van der Waals surface area contributed by atoms with Crippen molar-refractivity contribution in [1.82, 2.24) is 4.72 Å². The van der Waals surface area contributed by atoms with Crippen LogP contribution in [-0.2, 0) is 24.3 Å². The van der Waals surface area contributed by atoms with Gasteiger partial charge in [-0.25, -0.2) is 12.8 Å². The molecular formula is C19H21FN2O5S. The van der Waals surface area contributed by atoms with Crippen molar-refractivity contribution in [2.45, 2.75) is 24.8 Å². The van der Waals surface area contributed by atoms with Gasteiger partial charge in [0.05, 0.1) is 4.90 Å². The summed E-state index contributed by atoms with van der Waals surface area (Å²) in [5, 5.41) is 0. The van der Waals surface area contributed by atoms with Crippen LogP contribution in [0.2, 0.25) is 0 Å². The number of nitrogens with zero attached hydrogens (tertiary/aromatic N) is 1. The number of amides is 1. The van der Waals surface area contributed by atoms with Crippen molar-refractivity contribution in [3.8, 4) is 0 Å². The van der Waals surface area contributed by atoms with E-state index in [4.69, 9.17) is 4.74 Å². The number of halogens is 1. The first-order valence-electron chi connectivity index (χ1n) is 8.55. The van der Waals surface area contributed by atoms with Crippen LogP contribution in [0.15, 0.2) is 59.5 Å². The topological polar surface area (TPSA) is 92.8 Å². The number of para-hydroxylation sites is 1. The van der Waals surface area contributed by atoms with E-state index >= 15 is 0 Å². The lowest BCUT2D eigenvalue weighted by molar-refractivity contribution is -0.152. The van der Waals surface area contributed by atoms with E-state index in [1.54, 1.807) is 31.2 Å². The Hall–Kier alpha value is -2.78. The predicted octanol–water partition coefficient (Wildman–Crippen LogP) is 2.09. The maximum absolute atomic E-state index is 12.9. The first kappa shape index (κ1) is 21.5. The quantitative estimate of drug-likeness (QED) is 0.675. The molecule has 0 aliphatic carbocycles. The number of benzene rings is 2. The van der Waals surface area contributed by atoms with Crippen molar-refractivity contribution in [2.75, 3.05) is 18.0 Å². The van der Waals surface area contributed by atoms with Crippen molar-refractivity contribution in [3.63, 3.8) is 0 Å². The van der Waals surface area contributed by atoms with Crippen LogP contribution in [0.1, 0.15) is 13.8 Å². The molecule has 7 nitrogen and oxygen atoms in total. The van der Waals surface area contributed by atoms with Gasteiger partial charge in [0.25, 0.3) is 5.91 Å². The van der Waals surface area contributed by atoms with E-state index < -0.39 is 40.4 Å². The van der Waals surface area contributed by atoms with Crippen LogP contribution in [0.5, 0.6) is 0 Å². The van der Waals surface area contributed by atoms with Crippen LogP contribution in [0.4, 0.5) is 10.1 Å². The fraction of sp³-hybridized carbons (Fsp3) is 0.263. The smallest absolute Gasteiger partial charge is 0.321 e. The van der Waals surface area contributed by atoms with Gasteiger partial charge in [-0.1, -0.05) is 18.2 Å². The molecule has 150 valence electrons. The Morgan fingerprint density at radius 3 is 2.29 bits per heavy atom. The lowest BCUT2D eigenvalue weighted by Gasteiger charge is -2.24. The predicted molar refractivity (Wildman–Crippen MR) is 102 cm³/mol. The van der Waals surface area contributed by atoms with Crippen molar-refractivity contribution < 1.29 is 27.1 Å². The molecule has 1 amide bonds. The summed E-state index contributed by atoms with van der Waals surface area (Å²) in [5.41, 5.74) is 0.662. The van der Waals surface area contributed by atoms with E-state index in [1.165, 1.54) is 11.8 Å². The van der Waals surface area contributed by atoms with Crippen LogP contribution in [0, 0.1) is 5.82 Å². The number of nitrogens with one attached hydrogen (secondary N) is 1. The maximum Gasteiger partial charge on any atom is 0.321 e. The van der Waals surface area contributed by atoms with E-state index in [0.29, 0.717) is 12.2 Å². The average Bonchev–Trinajstić information content (AvgIpc) is 2.68. The van der Waals surface area contributed by atoms with Gasteiger partial charge in [0.15, 0.2) is 6.10 Å². The number of hydrogen-bond donors (Lipinski definition) is 1. The Kier molecular flexibility index (Phi) is 7.24. The average molecular weight is 408 g/mol. The van der Waals surface area contributed by atoms with Crippen LogP contribution < -0.4 is 9.62 Å². The second kappa shape index (κ2) is 9.43. The summed E-state index contributed by atoms with van der Waals surface area (Å²) in [7, 11) is -4.00. The van der Waals surface area contributed by atoms with Crippen LogP contribution in [0.3, 0.4) is 0 Å². The van der Waals surface area contributed by atoms with E-state index in [0.717, 1.165) is 24.3 Å². The normalized spacial score (nSPS) is 12.2. The molecule has 1 N–H and O–H groups in total. The Bertz CT molecular complexity index is 917. The first-order chi connectivity index (χ1) is 13.2. The Labute approximate surface area is 163 Å². The van der Waals surface area contributed by atoms with E-state index in [1.807, 2.05) is 6.07 Å². The van der Waals surface area contributed by atoms with Gasteiger partial charge in [-0.2, -0.15) is 4.72 Å². The number of carbonyl (C=O) groups excluding carboxylic acids is 2. The van der Waals surface area contributed by atoms with E-state index in [2.05, 4.69) is 4.72 Å². The molecule has 0 fully saturated rings. The number of anilines is 1. The van der Waals surface area contributed by atoms with Gasteiger partial charge in [0, 0.05) is 12.2 Å². The zero-order valence-electron chi connectivity index (χ0n) is 15.5. The Morgan fingerprint density at radius 1 is 1.11 bits per heavy atom. The second-order valence-corrected chi connectivity index (χ2v) is 7.60. The summed E-state index contributed by atoms with van der Waals surface area (Å²) >= 11 is 0. The molecule has 0 saturated heterocycles. The van der Waals surface area contributed by atoms with Gasteiger partial charge in [0.1, 0.15) is 12.4 Å². The molecule has 0 aromatic heterocycles. The SMILES string of the molecule is CCN(C(=O)[C@@H](C)OC(=O)CNS(=O)(=O)c1ccc(F)cc1)c1ccccc1. The van der Waals surface area contributed by atoms with Gasteiger partial charge in [0.2, 0.25) is 10.0 Å². The second-order valence-electron chi connectivity index (χ2n) is 5.83. The van der Waals surface area contributed by atoms with Crippen LogP contribution >= 0.6 is 0 Å². The minimum atomic E-state index is -4.00. The third-order valence-corrected chi connectivity index (χ3v) is 5.25. The lowest BCUT2D eigenvalue weighted by Crippen LogP contribution is -2.41. The molecule has 1 atom stereocenters. The molecule has 0 aliphatic heterocycles. The third-order valence-electron chi connectivity index (χ3n) is 3.84. The molecule has 2 aromatic carbocycles. The molecule has 0 radical (unpaired) electrons. The lowest BCUT2D eigenvalue weighted by atomic mass is 10.2. The number of esters is 1. The monoisotopic (exact) mass is 408 g/mol. The number of sulfonamides is 1. The summed E-state index contributed by atoms with van der Waals surface area (Å²) < 4.78 is 44.2. The van der Waals surface area contributed by atoms with Crippen molar-refractivity contribution in [3.05, 3.63) is 60.4 Å². The zero-order chi connectivity index (χ0) is 20.7. The number of hydrogen-bond acceptors (Lipinski definition) is 5. The van der Waals surface area contributed by atoms with Crippen LogP contribution in [-0.4, -0.2) is 39.5 Å². The fourth-order valence-corrected chi connectivity index (χ4v) is 3.40. The standard InChI is InChI=1S/C19H21FN2O5S/c1-3-22(16-7-5-4-6-8-16)19(24)14(2)27-18(23)13-21-28(25,26)17-11-9-15(20)10-12-17/h4-12,14,21H,3,13H2,1-2H3/t14-/m1/s1.